The lowest BCUT2D eigenvalue weighted by atomic mass is 9.92. The van der Waals surface area contributed by atoms with Crippen LogP contribution in [0.15, 0.2) is 60.1 Å². The highest BCUT2D eigenvalue weighted by atomic mass is 16.5. The molecule has 0 fully saturated rings. The maximum absolute atomic E-state index is 12.9. The van der Waals surface area contributed by atoms with Crippen molar-refractivity contribution in [3.05, 3.63) is 71.3 Å². The van der Waals surface area contributed by atoms with Gasteiger partial charge < -0.3 is 14.7 Å². The van der Waals surface area contributed by atoms with Gasteiger partial charge in [0.15, 0.2) is 11.5 Å². The molecule has 1 aliphatic rings. The standard InChI is InChI=1S/C22H24N2O4/c1-14(2)11-18(25)19-20(16-6-8-17(28-3)9-7-16)24(22(27)21(19)26)13-15-5-4-10-23-12-15/h4-10,12,14,20,26H,11,13H2,1-3H3. The second-order valence-electron chi connectivity index (χ2n) is 7.25. The average molecular weight is 380 g/mol. The Hall–Kier alpha value is -3.15. The number of carbonyl (C=O) groups is 2. The van der Waals surface area contributed by atoms with E-state index in [2.05, 4.69) is 4.98 Å². The molecule has 0 spiro atoms. The van der Waals surface area contributed by atoms with Crippen molar-refractivity contribution >= 4 is 11.7 Å². The number of Topliss-reactive ketones (excluding diaryl/α,β-unsaturated/α-hetero) is 1. The number of aromatic nitrogens is 1. The maximum Gasteiger partial charge on any atom is 0.290 e. The number of hydrogen-bond donors (Lipinski definition) is 1. The Morgan fingerprint density at radius 3 is 2.54 bits per heavy atom. The van der Waals surface area contributed by atoms with Gasteiger partial charge in [0.2, 0.25) is 0 Å². The van der Waals surface area contributed by atoms with E-state index in [1.807, 2.05) is 32.0 Å². The summed E-state index contributed by atoms with van der Waals surface area (Å²) in [7, 11) is 1.58. The van der Waals surface area contributed by atoms with Gasteiger partial charge in [0.05, 0.1) is 18.7 Å². The third-order valence-electron chi connectivity index (χ3n) is 4.70. The summed E-state index contributed by atoms with van der Waals surface area (Å²) < 4.78 is 5.21. The van der Waals surface area contributed by atoms with E-state index in [4.69, 9.17) is 4.74 Å². The lowest BCUT2D eigenvalue weighted by Gasteiger charge is -2.27. The first-order valence-electron chi connectivity index (χ1n) is 9.22. The van der Waals surface area contributed by atoms with E-state index in [0.29, 0.717) is 5.75 Å². The first-order chi connectivity index (χ1) is 13.4. The summed E-state index contributed by atoms with van der Waals surface area (Å²) in [6.45, 7) is 4.11. The first-order valence-corrected chi connectivity index (χ1v) is 9.22. The predicted molar refractivity (Wildman–Crippen MR) is 105 cm³/mol. The minimum Gasteiger partial charge on any atom is -0.503 e. The molecule has 0 saturated heterocycles. The quantitative estimate of drug-likeness (QED) is 0.794. The number of nitrogens with zero attached hydrogens (tertiary/aromatic N) is 2. The molecule has 2 heterocycles. The van der Waals surface area contributed by atoms with Crippen molar-refractivity contribution in [1.82, 2.24) is 9.88 Å². The van der Waals surface area contributed by atoms with Crippen LogP contribution in [0.3, 0.4) is 0 Å². The van der Waals surface area contributed by atoms with Crippen molar-refractivity contribution in [2.45, 2.75) is 32.9 Å². The molecule has 6 heteroatoms. The Labute approximate surface area is 164 Å². The van der Waals surface area contributed by atoms with Crippen LogP contribution in [0.25, 0.3) is 0 Å². The van der Waals surface area contributed by atoms with E-state index in [-0.39, 0.29) is 30.2 Å². The number of benzene rings is 1. The summed E-state index contributed by atoms with van der Waals surface area (Å²) in [5, 5.41) is 10.5. The van der Waals surface area contributed by atoms with Gasteiger partial charge in [0.25, 0.3) is 5.91 Å². The van der Waals surface area contributed by atoms with Crippen LogP contribution >= 0.6 is 0 Å². The topological polar surface area (TPSA) is 79.7 Å². The maximum atomic E-state index is 12.9. The number of aliphatic hydroxyl groups excluding tert-OH is 1. The Morgan fingerprint density at radius 1 is 1.25 bits per heavy atom. The van der Waals surface area contributed by atoms with Crippen LogP contribution in [-0.2, 0) is 16.1 Å². The number of ketones is 1. The molecule has 6 nitrogen and oxygen atoms in total. The van der Waals surface area contributed by atoms with Crippen LogP contribution in [0.1, 0.15) is 37.4 Å². The van der Waals surface area contributed by atoms with E-state index < -0.39 is 17.7 Å². The van der Waals surface area contributed by atoms with Crippen molar-refractivity contribution in [3.8, 4) is 5.75 Å². The lowest BCUT2D eigenvalue weighted by Crippen LogP contribution is -2.30. The summed E-state index contributed by atoms with van der Waals surface area (Å²) in [5.74, 6) is -0.426. The molecular weight excluding hydrogens is 356 g/mol. The number of carbonyl (C=O) groups excluding carboxylic acids is 2. The van der Waals surface area contributed by atoms with Gasteiger partial charge in [-0.2, -0.15) is 0 Å². The molecule has 0 aliphatic carbocycles. The van der Waals surface area contributed by atoms with Gasteiger partial charge in [-0.25, -0.2) is 0 Å². The number of hydrogen-bond acceptors (Lipinski definition) is 5. The van der Waals surface area contributed by atoms with Crippen molar-refractivity contribution in [2.75, 3.05) is 7.11 Å². The molecule has 28 heavy (non-hydrogen) atoms. The van der Waals surface area contributed by atoms with E-state index in [1.165, 1.54) is 4.90 Å². The van der Waals surface area contributed by atoms with Crippen LogP contribution < -0.4 is 4.74 Å². The SMILES string of the molecule is COc1ccc(C2C(C(=O)CC(C)C)=C(O)C(=O)N2Cc2cccnc2)cc1. The van der Waals surface area contributed by atoms with Crippen LogP contribution in [0, 0.1) is 5.92 Å². The predicted octanol–water partition coefficient (Wildman–Crippen LogP) is 3.60. The summed E-state index contributed by atoms with van der Waals surface area (Å²) in [6.07, 6.45) is 3.59. The van der Waals surface area contributed by atoms with E-state index in [0.717, 1.165) is 11.1 Å². The van der Waals surface area contributed by atoms with Crippen molar-refractivity contribution < 1.29 is 19.4 Å². The zero-order chi connectivity index (χ0) is 20.3. The Morgan fingerprint density at radius 2 is 1.96 bits per heavy atom. The highest BCUT2D eigenvalue weighted by Crippen LogP contribution is 2.40. The Balaban J connectivity index is 2.03. The molecule has 1 amide bonds. The number of rotatable bonds is 7. The summed E-state index contributed by atoms with van der Waals surface area (Å²) in [6, 6.07) is 10.2. The molecule has 0 bridgehead atoms. The molecule has 1 N–H and O–H groups in total. The fourth-order valence-electron chi connectivity index (χ4n) is 3.40. The summed E-state index contributed by atoms with van der Waals surface area (Å²) in [5.41, 5.74) is 1.72. The Bertz CT molecular complexity index is 889. The first kappa shape index (κ1) is 19.6. The molecule has 146 valence electrons. The van der Waals surface area contributed by atoms with Crippen LogP contribution in [0.2, 0.25) is 0 Å². The summed E-state index contributed by atoms with van der Waals surface area (Å²) in [4.78, 5) is 31.3. The number of aliphatic hydroxyl groups is 1. The van der Waals surface area contributed by atoms with Gasteiger partial charge in [0, 0.05) is 25.4 Å². The third kappa shape index (κ3) is 3.91. The third-order valence-corrected chi connectivity index (χ3v) is 4.70. The minimum absolute atomic E-state index is 0.117. The average Bonchev–Trinajstić information content (AvgIpc) is 2.93. The smallest absolute Gasteiger partial charge is 0.290 e. The van der Waals surface area contributed by atoms with Crippen molar-refractivity contribution in [3.63, 3.8) is 0 Å². The fraction of sp³-hybridized carbons (Fsp3) is 0.318. The minimum atomic E-state index is -0.648. The zero-order valence-electron chi connectivity index (χ0n) is 16.3. The largest absolute Gasteiger partial charge is 0.503 e. The van der Waals surface area contributed by atoms with Gasteiger partial charge in [-0.15, -0.1) is 0 Å². The Kier molecular flexibility index (Phi) is 5.78. The zero-order valence-corrected chi connectivity index (χ0v) is 16.3. The molecule has 2 aromatic rings. The summed E-state index contributed by atoms with van der Waals surface area (Å²) >= 11 is 0. The van der Waals surface area contributed by atoms with Crippen molar-refractivity contribution in [1.29, 1.82) is 0 Å². The number of ether oxygens (including phenoxy) is 1. The molecule has 0 radical (unpaired) electrons. The molecular formula is C22H24N2O4. The van der Waals surface area contributed by atoms with E-state index >= 15 is 0 Å². The van der Waals surface area contributed by atoms with Gasteiger partial charge >= 0.3 is 0 Å². The molecule has 1 aliphatic heterocycles. The van der Waals surface area contributed by atoms with E-state index in [9.17, 15) is 14.7 Å². The number of methoxy groups -OCH3 is 1. The van der Waals surface area contributed by atoms with Gasteiger partial charge in [0.1, 0.15) is 5.75 Å². The highest BCUT2D eigenvalue weighted by molar-refractivity contribution is 6.09. The second-order valence-corrected chi connectivity index (χ2v) is 7.25. The van der Waals surface area contributed by atoms with E-state index in [1.54, 1.807) is 37.7 Å². The normalized spacial score (nSPS) is 16.8. The van der Waals surface area contributed by atoms with Crippen LogP contribution in [0.5, 0.6) is 5.75 Å². The van der Waals surface area contributed by atoms with Gasteiger partial charge in [-0.05, 0) is 35.2 Å². The number of pyridine rings is 1. The van der Waals surface area contributed by atoms with Crippen LogP contribution in [-0.4, -0.2) is 33.8 Å². The molecule has 3 rings (SSSR count). The number of amides is 1. The highest BCUT2D eigenvalue weighted by Gasteiger charge is 2.43. The molecule has 1 aromatic heterocycles. The fourth-order valence-corrected chi connectivity index (χ4v) is 3.40. The molecule has 0 saturated carbocycles. The van der Waals surface area contributed by atoms with Crippen molar-refractivity contribution in [2.24, 2.45) is 5.92 Å². The van der Waals surface area contributed by atoms with Gasteiger partial charge in [-0.1, -0.05) is 32.0 Å². The van der Waals surface area contributed by atoms with Gasteiger partial charge in [-0.3, -0.25) is 14.6 Å². The molecule has 1 unspecified atom stereocenters. The van der Waals surface area contributed by atoms with Crippen LogP contribution in [0.4, 0.5) is 0 Å². The monoisotopic (exact) mass is 380 g/mol. The second kappa shape index (κ2) is 8.25. The lowest BCUT2D eigenvalue weighted by molar-refractivity contribution is -0.130. The molecule has 1 atom stereocenters. The molecule has 1 aromatic carbocycles.